The van der Waals surface area contributed by atoms with E-state index < -0.39 is 0 Å². The van der Waals surface area contributed by atoms with Gasteiger partial charge in [0.25, 0.3) is 0 Å². The van der Waals surface area contributed by atoms with Crippen LogP contribution in [0.3, 0.4) is 0 Å². The van der Waals surface area contributed by atoms with E-state index in [-0.39, 0.29) is 5.41 Å². The van der Waals surface area contributed by atoms with Crippen molar-refractivity contribution in [2.45, 2.75) is 39.5 Å². The Hall–Kier alpha value is -1.69. The minimum absolute atomic E-state index is 0.172. The Labute approximate surface area is 123 Å². The molecule has 110 valence electrons. The Kier molecular flexibility index (Phi) is 6.38. The van der Waals surface area contributed by atoms with Crippen LogP contribution in [-0.2, 0) is 0 Å². The van der Waals surface area contributed by atoms with Crippen molar-refractivity contribution in [3.8, 4) is 11.8 Å². The fourth-order valence-electron chi connectivity index (χ4n) is 2.27. The first-order valence-corrected chi connectivity index (χ1v) is 7.38. The number of nitriles is 1. The SMILES string of the molecule is CCC(C#N)(CC)CCCOc1cccc(N(C)C)c1. The predicted octanol–water partition coefficient (Wildman–Crippen LogP) is 4.24. The fraction of sp³-hybridized carbons (Fsp3) is 0.588. The van der Waals surface area contributed by atoms with E-state index in [1.54, 1.807) is 0 Å². The zero-order valence-electron chi connectivity index (χ0n) is 13.1. The molecule has 0 N–H and O–H groups in total. The van der Waals surface area contributed by atoms with Crippen molar-refractivity contribution >= 4 is 5.69 Å². The lowest BCUT2D eigenvalue weighted by Gasteiger charge is -2.23. The molecule has 0 fully saturated rings. The molecule has 0 amide bonds. The van der Waals surface area contributed by atoms with Crippen LogP contribution >= 0.6 is 0 Å². The highest BCUT2D eigenvalue weighted by Crippen LogP contribution is 2.31. The molecule has 0 aromatic heterocycles. The van der Waals surface area contributed by atoms with Gasteiger partial charge in [-0.25, -0.2) is 0 Å². The van der Waals surface area contributed by atoms with Gasteiger partial charge in [-0.3, -0.25) is 0 Å². The highest BCUT2D eigenvalue weighted by molar-refractivity contribution is 5.49. The number of nitrogens with zero attached hydrogens (tertiary/aromatic N) is 2. The van der Waals surface area contributed by atoms with E-state index in [1.807, 2.05) is 32.3 Å². The van der Waals surface area contributed by atoms with E-state index in [9.17, 15) is 5.26 Å². The van der Waals surface area contributed by atoms with Gasteiger partial charge in [0.05, 0.1) is 18.1 Å². The molecular weight excluding hydrogens is 248 g/mol. The van der Waals surface area contributed by atoms with Crippen molar-refractivity contribution in [1.82, 2.24) is 0 Å². The Morgan fingerprint density at radius 1 is 1.25 bits per heavy atom. The molecule has 0 saturated heterocycles. The maximum atomic E-state index is 9.29. The Morgan fingerprint density at radius 3 is 2.50 bits per heavy atom. The summed E-state index contributed by atoms with van der Waals surface area (Å²) in [5, 5.41) is 9.29. The van der Waals surface area contributed by atoms with Gasteiger partial charge in [-0.05, 0) is 37.8 Å². The molecule has 0 saturated carbocycles. The number of ether oxygens (including phenoxy) is 1. The third kappa shape index (κ3) is 4.45. The highest BCUT2D eigenvalue weighted by atomic mass is 16.5. The normalized spacial score (nSPS) is 10.9. The summed E-state index contributed by atoms with van der Waals surface area (Å²) in [4.78, 5) is 2.06. The molecule has 0 aliphatic rings. The van der Waals surface area contributed by atoms with E-state index in [1.165, 1.54) is 0 Å². The molecule has 1 aromatic rings. The molecule has 0 heterocycles. The van der Waals surface area contributed by atoms with Crippen molar-refractivity contribution in [1.29, 1.82) is 5.26 Å². The number of anilines is 1. The summed E-state index contributed by atoms with van der Waals surface area (Å²) in [6.07, 6.45) is 3.65. The second kappa shape index (κ2) is 7.79. The van der Waals surface area contributed by atoms with Crippen LogP contribution in [0.25, 0.3) is 0 Å². The first-order valence-electron chi connectivity index (χ1n) is 7.38. The summed E-state index contributed by atoms with van der Waals surface area (Å²) >= 11 is 0. The average Bonchev–Trinajstić information content (AvgIpc) is 2.48. The van der Waals surface area contributed by atoms with E-state index in [0.717, 1.165) is 37.1 Å². The topological polar surface area (TPSA) is 36.3 Å². The van der Waals surface area contributed by atoms with Crippen molar-refractivity contribution in [3.63, 3.8) is 0 Å². The fourth-order valence-corrected chi connectivity index (χ4v) is 2.27. The van der Waals surface area contributed by atoms with E-state index in [0.29, 0.717) is 6.61 Å². The largest absolute Gasteiger partial charge is 0.494 e. The van der Waals surface area contributed by atoms with Gasteiger partial charge in [-0.15, -0.1) is 0 Å². The second-order valence-corrected chi connectivity index (χ2v) is 5.44. The maximum absolute atomic E-state index is 9.29. The molecule has 1 aromatic carbocycles. The molecule has 0 spiro atoms. The van der Waals surface area contributed by atoms with Gasteiger partial charge in [0.15, 0.2) is 0 Å². The summed E-state index contributed by atoms with van der Waals surface area (Å²) in [7, 11) is 4.03. The Bertz CT molecular complexity index is 445. The third-order valence-corrected chi connectivity index (χ3v) is 3.99. The van der Waals surface area contributed by atoms with Crippen molar-refractivity contribution in [3.05, 3.63) is 24.3 Å². The number of benzene rings is 1. The summed E-state index contributed by atoms with van der Waals surface area (Å²) < 4.78 is 5.79. The summed E-state index contributed by atoms with van der Waals surface area (Å²) in [5.41, 5.74) is 0.963. The molecule has 3 heteroatoms. The number of hydrogen-bond acceptors (Lipinski definition) is 3. The number of rotatable bonds is 8. The smallest absolute Gasteiger partial charge is 0.121 e. The molecule has 0 bridgehead atoms. The van der Waals surface area contributed by atoms with Gasteiger partial charge in [0, 0.05) is 25.8 Å². The van der Waals surface area contributed by atoms with Crippen LogP contribution in [0.1, 0.15) is 39.5 Å². The molecule has 3 nitrogen and oxygen atoms in total. The van der Waals surface area contributed by atoms with Crippen molar-refractivity contribution in [2.24, 2.45) is 5.41 Å². The van der Waals surface area contributed by atoms with Gasteiger partial charge in [-0.1, -0.05) is 19.9 Å². The zero-order chi connectivity index (χ0) is 15.0. The summed E-state index contributed by atoms with van der Waals surface area (Å²) in [6.45, 7) is 4.85. The average molecular weight is 274 g/mol. The summed E-state index contributed by atoms with van der Waals surface area (Å²) in [5.74, 6) is 0.895. The van der Waals surface area contributed by atoms with Gasteiger partial charge in [0.2, 0.25) is 0 Å². The standard InChI is InChI=1S/C17H26N2O/c1-5-17(6-2,14-18)11-8-12-20-16-10-7-9-15(13-16)19(3)4/h7,9-10,13H,5-6,8,11-12H2,1-4H3. The van der Waals surface area contributed by atoms with E-state index >= 15 is 0 Å². The van der Waals surface area contributed by atoms with Crippen LogP contribution in [0, 0.1) is 16.7 Å². The van der Waals surface area contributed by atoms with Crippen molar-refractivity contribution in [2.75, 3.05) is 25.6 Å². The first-order chi connectivity index (χ1) is 9.56. The Morgan fingerprint density at radius 2 is 1.95 bits per heavy atom. The van der Waals surface area contributed by atoms with Crippen molar-refractivity contribution < 1.29 is 4.74 Å². The van der Waals surface area contributed by atoms with E-state index in [2.05, 4.69) is 30.9 Å². The van der Waals surface area contributed by atoms with Crippen LogP contribution < -0.4 is 9.64 Å². The predicted molar refractivity (Wildman–Crippen MR) is 84.1 cm³/mol. The molecular formula is C17H26N2O. The second-order valence-electron chi connectivity index (χ2n) is 5.44. The maximum Gasteiger partial charge on any atom is 0.121 e. The van der Waals surface area contributed by atoms with Crippen LogP contribution in [0.4, 0.5) is 5.69 Å². The molecule has 0 unspecified atom stereocenters. The van der Waals surface area contributed by atoms with Crippen LogP contribution in [-0.4, -0.2) is 20.7 Å². The van der Waals surface area contributed by atoms with Gasteiger partial charge >= 0.3 is 0 Å². The number of hydrogen-bond donors (Lipinski definition) is 0. The van der Waals surface area contributed by atoms with Crippen LogP contribution in [0.5, 0.6) is 5.75 Å². The van der Waals surface area contributed by atoms with Gasteiger partial charge in [0.1, 0.15) is 5.75 Å². The highest BCUT2D eigenvalue weighted by Gasteiger charge is 2.24. The Balaban J connectivity index is 2.45. The lowest BCUT2D eigenvalue weighted by Crippen LogP contribution is -2.17. The molecule has 0 atom stereocenters. The monoisotopic (exact) mass is 274 g/mol. The zero-order valence-corrected chi connectivity index (χ0v) is 13.1. The first kappa shape index (κ1) is 16.4. The molecule has 0 aliphatic carbocycles. The molecule has 0 radical (unpaired) electrons. The van der Waals surface area contributed by atoms with E-state index in [4.69, 9.17) is 4.74 Å². The molecule has 20 heavy (non-hydrogen) atoms. The lowest BCUT2D eigenvalue weighted by atomic mass is 9.80. The van der Waals surface area contributed by atoms with Crippen LogP contribution in [0.2, 0.25) is 0 Å². The third-order valence-electron chi connectivity index (χ3n) is 3.99. The molecule has 1 rings (SSSR count). The van der Waals surface area contributed by atoms with Gasteiger partial charge in [-0.2, -0.15) is 5.26 Å². The van der Waals surface area contributed by atoms with Crippen LogP contribution in [0.15, 0.2) is 24.3 Å². The molecule has 0 aliphatic heterocycles. The van der Waals surface area contributed by atoms with Gasteiger partial charge < -0.3 is 9.64 Å². The lowest BCUT2D eigenvalue weighted by molar-refractivity contribution is 0.259. The minimum atomic E-state index is -0.172. The minimum Gasteiger partial charge on any atom is -0.494 e. The summed E-state index contributed by atoms with van der Waals surface area (Å²) in [6, 6.07) is 10.6. The quantitative estimate of drug-likeness (QED) is 0.665.